The van der Waals surface area contributed by atoms with E-state index in [2.05, 4.69) is 5.32 Å². The Bertz CT molecular complexity index is 456. The Morgan fingerprint density at radius 3 is 2.63 bits per heavy atom. The van der Waals surface area contributed by atoms with Crippen molar-refractivity contribution >= 4 is 30.3 Å². The first-order valence-corrected chi connectivity index (χ1v) is 6.05. The Morgan fingerprint density at radius 1 is 1.32 bits per heavy atom. The van der Waals surface area contributed by atoms with Crippen molar-refractivity contribution in [2.75, 3.05) is 6.61 Å². The fourth-order valence-electron chi connectivity index (χ4n) is 1.74. The van der Waals surface area contributed by atoms with Gasteiger partial charge in [0.05, 0.1) is 12.6 Å². The molecule has 1 aromatic rings. The summed E-state index contributed by atoms with van der Waals surface area (Å²) in [7, 11) is 0. The molecule has 0 radical (unpaired) electrons. The van der Waals surface area contributed by atoms with E-state index < -0.39 is 17.6 Å². The Labute approximate surface area is 118 Å². The van der Waals surface area contributed by atoms with Gasteiger partial charge in [-0.1, -0.05) is 18.2 Å². The number of hydrogen-bond donors (Lipinski definition) is 1. The van der Waals surface area contributed by atoms with Crippen LogP contribution in [0, 0.1) is 0 Å². The third-order valence-electron chi connectivity index (χ3n) is 2.45. The maximum Gasteiger partial charge on any atom is 0.446 e. The molecule has 106 valence electrons. The molecular formula is C11H11ClF3NO2S. The minimum atomic E-state index is -4.34. The molecule has 0 bridgehead atoms. The lowest BCUT2D eigenvalue weighted by molar-refractivity contribution is -0.0328. The average Bonchev–Trinajstić information content (AvgIpc) is 2.27. The highest BCUT2D eigenvalue weighted by Crippen LogP contribution is 2.40. The van der Waals surface area contributed by atoms with Crippen LogP contribution in [-0.4, -0.2) is 18.2 Å². The van der Waals surface area contributed by atoms with E-state index in [0.717, 1.165) is 0 Å². The van der Waals surface area contributed by atoms with Crippen molar-refractivity contribution in [3.05, 3.63) is 29.8 Å². The van der Waals surface area contributed by atoms with Crippen LogP contribution in [0.5, 0.6) is 0 Å². The highest BCUT2D eigenvalue weighted by atomic mass is 35.5. The topological polar surface area (TPSA) is 38.3 Å². The number of hydrogen-bond acceptors (Lipinski definition) is 3. The van der Waals surface area contributed by atoms with Gasteiger partial charge in [-0.2, -0.15) is 13.2 Å². The van der Waals surface area contributed by atoms with Crippen LogP contribution in [0.15, 0.2) is 29.2 Å². The van der Waals surface area contributed by atoms with Gasteiger partial charge in [0.2, 0.25) is 0 Å². The van der Waals surface area contributed by atoms with Crippen LogP contribution in [0.2, 0.25) is 0 Å². The van der Waals surface area contributed by atoms with Crippen LogP contribution in [-0.2, 0) is 4.74 Å². The molecule has 0 unspecified atom stereocenters. The Kier molecular flexibility index (Phi) is 5.37. The number of nitrogens with one attached hydrogen (secondary N) is 1. The summed E-state index contributed by atoms with van der Waals surface area (Å²) >= 11 is -0.170. The van der Waals surface area contributed by atoms with Crippen molar-refractivity contribution in [2.24, 2.45) is 0 Å². The lowest BCUT2D eigenvalue weighted by atomic mass is 10.0. The maximum absolute atomic E-state index is 12.4. The second kappa shape index (κ2) is 6.38. The van der Waals surface area contributed by atoms with Crippen molar-refractivity contribution in [3.8, 4) is 0 Å². The monoisotopic (exact) mass is 313 g/mol. The molecule has 2 rings (SSSR count). The highest BCUT2D eigenvalue weighted by molar-refractivity contribution is 8.00. The molecule has 19 heavy (non-hydrogen) atoms. The molecule has 1 fully saturated rings. The number of amides is 1. The maximum atomic E-state index is 12.4. The van der Waals surface area contributed by atoms with Crippen molar-refractivity contribution < 1.29 is 22.7 Å². The summed E-state index contributed by atoms with van der Waals surface area (Å²) < 4.78 is 41.9. The number of halogens is 4. The summed E-state index contributed by atoms with van der Waals surface area (Å²) in [5.74, 6) is 0. The number of carbonyl (C=O) groups is 1. The second-order valence-electron chi connectivity index (χ2n) is 3.71. The molecule has 3 nitrogen and oxygen atoms in total. The Morgan fingerprint density at radius 2 is 2.00 bits per heavy atom. The molecule has 0 spiro atoms. The molecule has 8 heteroatoms. The summed E-state index contributed by atoms with van der Waals surface area (Å²) in [6, 6.07) is 5.74. The predicted molar refractivity (Wildman–Crippen MR) is 67.4 cm³/mol. The number of alkyl halides is 3. The number of rotatable bonds is 2. The minimum Gasteiger partial charge on any atom is -0.449 e. The van der Waals surface area contributed by atoms with Gasteiger partial charge in [0.1, 0.15) is 0 Å². The van der Waals surface area contributed by atoms with Crippen LogP contribution in [0.4, 0.5) is 18.0 Å². The molecule has 1 heterocycles. The standard InChI is InChI=1S/C11H10F3NO2S.ClH/c12-11(13,14)18-9-4-2-1-3-7(9)8-5-6-17-10(16)15-8;/h1-4,8H,5-6H2,(H,15,16);1H/t8-;/m1./s1. The van der Waals surface area contributed by atoms with Crippen LogP contribution < -0.4 is 5.32 Å². The average molecular weight is 314 g/mol. The molecule has 1 atom stereocenters. The number of cyclic esters (lactones) is 1. The smallest absolute Gasteiger partial charge is 0.446 e. The van der Waals surface area contributed by atoms with Gasteiger partial charge in [0, 0.05) is 11.3 Å². The van der Waals surface area contributed by atoms with Crippen LogP contribution in [0.3, 0.4) is 0 Å². The van der Waals surface area contributed by atoms with Gasteiger partial charge in [0.15, 0.2) is 0 Å². The van der Waals surface area contributed by atoms with E-state index in [-0.39, 0.29) is 35.7 Å². The Balaban J connectivity index is 0.00000180. The highest BCUT2D eigenvalue weighted by Gasteiger charge is 2.32. The summed E-state index contributed by atoms with van der Waals surface area (Å²) in [6.45, 7) is 0.210. The van der Waals surface area contributed by atoms with Gasteiger partial charge in [0.25, 0.3) is 0 Å². The first-order valence-electron chi connectivity index (χ1n) is 5.24. The van der Waals surface area contributed by atoms with E-state index in [0.29, 0.717) is 12.0 Å². The molecule has 0 saturated carbocycles. The summed E-state index contributed by atoms with van der Waals surface area (Å²) in [6.07, 6.45) is -0.140. The molecule has 0 aliphatic carbocycles. The van der Waals surface area contributed by atoms with Gasteiger partial charge in [-0.25, -0.2) is 4.79 Å². The summed E-state index contributed by atoms with van der Waals surface area (Å²) in [5.41, 5.74) is -3.87. The summed E-state index contributed by atoms with van der Waals surface area (Å²) in [4.78, 5) is 11.2. The van der Waals surface area contributed by atoms with E-state index in [9.17, 15) is 18.0 Å². The predicted octanol–water partition coefficient (Wildman–Crippen LogP) is 3.89. The van der Waals surface area contributed by atoms with Gasteiger partial charge >= 0.3 is 11.6 Å². The number of ether oxygens (including phenoxy) is 1. The van der Waals surface area contributed by atoms with Crippen molar-refractivity contribution in [1.29, 1.82) is 0 Å². The lowest BCUT2D eigenvalue weighted by Gasteiger charge is -2.25. The molecule has 1 amide bonds. The zero-order chi connectivity index (χ0) is 13.2. The van der Waals surface area contributed by atoms with Crippen LogP contribution >= 0.6 is 24.2 Å². The third-order valence-corrected chi connectivity index (χ3v) is 3.28. The van der Waals surface area contributed by atoms with E-state index >= 15 is 0 Å². The SMILES string of the molecule is Cl.O=C1N[C@@H](c2ccccc2SC(F)(F)F)CCO1. The van der Waals surface area contributed by atoms with Gasteiger partial charge in [-0.15, -0.1) is 12.4 Å². The fraction of sp³-hybridized carbons (Fsp3) is 0.364. The van der Waals surface area contributed by atoms with Gasteiger partial charge < -0.3 is 10.1 Å². The molecule has 1 saturated heterocycles. The fourth-order valence-corrected chi connectivity index (χ4v) is 2.47. The van der Waals surface area contributed by atoms with E-state index in [1.165, 1.54) is 6.07 Å². The molecule has 1 aliphatic rings. The zero-order valence-electron chi connectivity index (χ0n) is 9.57. The number of benzene rings is 1. The Hall–Kier alpha value is -1.08. The first-order chi connectivity index (χ1) is 8.46. The molecule has 1 aliphatic heterocycles. The van der Waals surface area contributed by atoms with E-state index in [1.807, 2.05) is 0 Å². The lowest BCUT2D eigenvalue weighted by Crippen LogP contribution is -2.35. The van der Waals surface area contributed by atoms with E-state index in [1.54, 1.807) is 18.2 Å². The zero-order valence-corrected chi connectivity index (χ0v) is 11.2. The number of alkyl carbamates (subject to hydrolysis) is 1. The quantitative estimate of drug-likeness (QED) is 0.842. The van der Waals surface area contributed by atoms with Crippen LogP contribution in [0.1, 0.15) is 18.0 Å². The first kappa shape index (κ1) is 16.0. The third kappa shape index (κ3) is 4.50. The van der Waals surface area contributed by atoms with Gasteiger partial charge in [-0.05, 0) is 23.4 Å². The van der Waals surface area contributed by atoms with Gasteiger partial charge in [-0.3, -0.25) is 0 Å². The summed E-state index contributed by atoms with van der Waals surface area (Å²) in [5, 5.41) is 2.52. The molecular weight excluding hydrogens is 303 g/mol. The number of carbonyl (C=O) groups excluding carboxylic acids is 1. The van der Waals surface area contributed by atoms with Crippen molar-refractivity contribution in [1.82, 2.24) is 5.32 Å². The van der Waals surface area contributed by atoms with Crippen molar-refractivity contribution in [3.63, 3.8) is 0 Å². The van der Waals surface area contributed by atoms with E-state index in [4.69, 9.17) is 4.74 Å². The molecule has 1 N–H and O–H groups in total. The molecule has 0 aromatic heterocycles. The second-order valence-corrected chi connectivity index (χ2v) is 4.81. The van der Waals surface area contributed by atoms with Crippen molar-refractivity contribution in [2.45, 2.75) is 22.9 Å². The normalized spacial score (nSPS) is 19.1. The molecule has 1 aromatic carbocycles. The largest absolute Gasteiger partial charge is 0.449 e. The minimum absolute atomic E-state index is 0. The number of thioether (sulfide) groups is 1. The van der Waals surface area contributed by atoms with Crippen LogP contribution in [0.25, 0.3) is 0 Å².